The molecule has 0 aromatic heterocycles. The predicted octanol–water partition coefficient (Wildman–Crippen LogP) is 6.00. The van der Waals surface area contributed by atoms with Crippen molar-refractivity contribution < 1.29 is 9.47 Å². The highest BCUT2D eigenvalue weighted by Gasteiger charge is 2.14. The van der Waals surface area contributed by atoms with Gasteiger partial charge in [0.15, 0.2) is 11.5 Å². The van der Waals surface area contributed by atoms with Gasteiger partial charge in [0.25, 0.3) is 0 Å². The Labute approximate surface area is 165 Å². The lowest BCUT2D eigenvalue weighted by atomic mass is 10.1. The molecule has 0 radical (unpaired) electrons. The van der Waals surface area contributed by atoms with E-state index in [1.165, 1.54) is 31.2 Å². The second-order valence-electron chi connectivity index (χ2n) is 6.60. The minimum absolute atomic E-state index is 0.371. The van der Waals surface area contributed by atoms with Crippen molar-refractivity contribution in [3.8, 4) is 11.5 Å². The van der Waals surface area contributed by atoms with Crippen molar-refractivity contribution in [3.05, 3.63) is 57.6 Å². The van der Waals surface area contributed by atoms with Gasteiger partial charge in [-0.25, -0.2) is 0 Å². The third-order valence-electron chi connectivity index (χ3n) is 4.66. The molecule has 2 aromatic carbocycles. The molecule has 140 valence electrons. The second-order valence-corrected chi connectivity index (χ2v) is 7.44. The molecular formula is C21H25Cl2NO2. The average Bonchev–Trinajstić information content (AvgIpc) is 3.14. The van der Waals surface area contributed by atoms with Gasteiger partial charge in [0.2, 0.25) is 0 Å². The molecule has 0 amide bonds. The third-order valence-corrected chi connectivity index (χ3v) is 5.24. The van der Waals surface area contributed by atoms with E-state index in [2.05, 4.69) is 17.4 Å². The second kappa shape index (κ2) is 9.50. The van der Waals surface area contributed by atoms with E-state index < -0.39 is 0 Å². The smallest absolute Gasteiger partial charge is 0.161 e. The van der Waals surface area contributed by atoms with Gasteiger partial charge in [-0.1, -0.05) is 48.2 Å². The minimum atomic E-state index is 0.371. The van der Waals surface area contributed by atoms with Crippen LogP contribution in [0.4, 0.5) is 0 Å². The van der Waals surface area contributed by atoms with Crippen LogP contribution in [0.3, 0.4) is 0 Å². The summed E-state index contributed by atoms with van der Waals surface area (Å²) in [5.41, 5.74) is 2.10. The topological polar surface area (TPSA) is 30.5 Å². The number of rotatable bonds is 8. The Bertz CT molecular complexity index is 730. The van der Waals surface area contributed by atoms with E-state index in [0.29, 0.717) is 29.3 Å². The van der Waals surface area contributed by atoms with Crippen molar-refractivity contribution in [1.29, 1.82) is 0 Å². The number of nitrogens with one attached hydrogen (secondary N) is 1. The number of hydrogen-bond donors (Lipinski definition) is 1. The highest BCUT2D eigenvalue weighted by Crippen LogP contribution is 2.31. The molecule has 1 aliphatic carbocycles. The van der Waals surface area contributed by atoms with E-state index in [9.17, 15) is 0 Å². The molecule has 0 bridgehead atoms. The van der Waals surface area contributed by atoms with Gasteiger partial charge in [0.05, 0.1) is 6.61 Å². The highest BCUT2D eigenvalue weighted by molar-refractivity contribution is 6.35. The molecule has 3 rings (SSSR count). The molecule has 1 fully saturated rings. The number of ether oxygens (including phenoxy) is 2. The van der Waals surface area contributed by atoms with Gasteiger partial charge >= 0.3 is 0 Å². The Morgan fingerprint density at radius 2 is 1.81 bits per heavy atom. The van der Waals surface area contributed by atoms with Gasteiger partial charge in [-0.15, -0.1) is 0 Å². The molecule has 1 saturated carbocycles. The van der Waals surface area contributed by atoms with E-state index in [1.54, 1.807) is 6.07 Å². The first kappa shape index (κ1) is 19.3. The van der Waals surface area contributed by atoms with Crippen molar-refractivity contribution >= 4 is 23.2 Å². The molecular weight excluding hydrogens is 369 g/mol. The van der Waals surface area contributed by atoms with E-state index in [4.69, 9.17) is 32.7 Å². The van der Waals surface area contributed by atoms with Gasteiger partial charge in [-0.05, 0) is 49.6 Å². The Morgan fingerprint density at radius 1 is 1.00 bits per heavy atom. The zero-order valence-corrected chi connectivity index (χ0v) is 16.6. The summed E-state index contributed by atoms with van der Waals surface area (Å²) in [4.78, 5) is 0. The lowest BCUT2D eigenvalue weighted by molar-refractivity contribution is 0.269. The van der Waals surface area contributed by atoms with Crippen molar-refractivity contribution in [2.45, 2.75) is 51.8 Å². The van der Waals surface area contributed by atoms with Crippen LogP contribution < -0.4 is 14.8 Å². The standard InChI is InChI=1S/C21H25Cl2NO2/c1-2-25-21-11-15(13-24-18-5-3-4-6-18)7-10-20(21)26-14-16-8-9-17(22)12-19(16)23/h7-12,18,24H,2-6,13-14H2,1H3. The first-order valence-corrected chi connectivity index (χ1v) is 9.97. The maximum Gasteiger partial charge on any atom is 0.161 e. The van der Waals surface area contributed by atoms with Crippen LogP contribution in [0.2, 0.25) is 10.0 Å². The molecule has 0 heterocycles. The molecule has 1 aliphatic rings. The van der Waals surface area contributed by atoms with Crippen LogP contribution in [-0.2, 0) is 13.2 Å². The van der Waals surface area contributed by atoms with Crippen LogP contribution in [0.1, 0.15) is 43.7 Å². The Morgan fingerprint density at radius 3 is 2.54 bits per heavy atom. The maximum atomic E-state index is 6.22. The molecule has 2 aromatic rings. The Balaban J connectivity index is 1.65. The highest BCUT2D eigenvalue weighted by atomic mass is 35.5. The summed E-state index contributed by atoms with van der Waals surface area (Å²) in [6.45, 7) is 3.80. The summed E-state index contributed by atoms with van der Waals surface area (Å²) >= 11 is 12.2. The van der Waals surface area contributed by atoms with Gasteiger partial charge in [-0.2, -0.15) is 0 Å². The van der Waals surface area contributed by atoms with Crippen molar-refractivity contribution in [2.75, 3.05) is 6.61 Å². The van der Waals surface area contributed by atoms with Crippen LogP contribution in [0, 0.1) is 0 Å². The SMILES string of the molecule is CCOc1cc(CNC2CCCC2)ccc1OCc1ccc(Cl)cc1Cl. The van der Waals surface area contributed by atoms with E-state index in [0.717, 1.165) is 23.6 Å². The van der Waals surface area contributed by atoms with Crippen LogP contribution in [0.25, 0.3) is 0 Å². The largest absolute Gasteiger partial charge is 0.490 e. The first-order chi connectivity index (χ1) is 12.7. The van der Waals surface area contributed by atoms with Crippen molar-refractivity contribution in [2.24, 2.45) is 0 Å². The van der Waals surface area contributed by atoms with E-state index in [1.807, 2.05) is 25.1 Å². The zero-order valence-electron chi connectivity index (χ0n) is 15.1. The summed E-state index contributed by atoms with van der Waals surface area (Å²) in [5.74, 6) is 1.49. The van der Waals surface area contributed by atoms with E-state index >= 15 is 0 Å². The summed E-state index contributed by atoms with van der Waals surface area (Å²) < 4.78 is 11.7. The maximum absolute atomic E-state index is 6.22. The Hall–Kier alpha value is -1.42. The number of hydrogen-bond acceptors (Lipinski definition) is 3. The summed E-state index contributed by atoms with van der Waals surface area (Å²) in [6, 6.07) is 12.2. The van der Waals surface area contributed by atoms with Crippen LogP contribution in [0.5, 0.6) is 11.5 Å². The molecule has 26 heavy (non-hydrogen) atoms. The first-order valence-electron chi connectivity index (χ1n) is 9.21. The molecule has 1 N–H and O–H groups in total. The van der Waals surface area contributed by atoms with Crippen LogP contribution in [0.15, 0.2) is 36.4 Å². The quantitative estimate of drug-likeness (QED) is 0.595. The molecule has 0 unspecified atom stereocenters. The van der Waals surface area contributed by atoms with Gasteiger partial charge < -0.3 is 14.8 Å². The van der Waals surface area contributed by atoms with Gasteiger partial charge in [0.1, 0.15) is 6.61 Å². The lowest BCUT2D eigenvalue weighted by Crippen LogP contribution is -2.25. The molecule has 0 atom stereocenters. The van der Waals surface area contributed by atoms with Crippen molar-refractivity contribution in [1.82, 2.24) is 5.32 Å². The minimum Gasteiger partial charge on any atom is -0.490 e. The van der Waals surface area contributed by atoms with Crippen LogP contribution >= 0.6 is 23.2 Å². The van der Waals surface area contributed by atoms with Crippen LogP contribution in [-0.4, -0.2) is 12.6 Å². The fourth-order valence-corrected chi connectivity index (χ4v) is 3.70. The molecule has 0 aliphatic heterocycles. The fraction of sp³-hybridized carbons (Fsp3) is 0.429. The third kappa shape index (κ3) is 5.29. The molecule has 0 saturated heterocycles. The molecule has 0 spiro atoms. The zero-order chi connectivity index (χ0) is 18.4. The van der Waals surface area contributed by atoms with Gasteiger partial charge in [0, 0.05) is 28.2 Å². The summed E-state index contributed by atoms with van der Waals surface area (Å²) in [7, 11) is 0. The Kier molecular flexibility index (Phi) is 7.07. The van der Waals surface area contributed by atoms with Crippen molar-refractivity contribution in [3.63, 3.8) is 0 Å². The number of benzene rings is 2. The lowest BCUT2D eigenvalue weighted by Gasteiger charge is -2.16. The predicted molar refractivity (Wildman–Crippen MR) is 108 cm³/mol. The van der Waals surface area contributed by atoms with E-state index in [-0.39, 0.29) is 0 Å². The van der Waals surface area contributed by atoms with Gasteiger partial charge in [-0.3, -0.25) is 0 Å². The number of halogens is 2. The summed E-state index contributed by atoms with van der Waals surface area (Å²) in [6.07, 6.45) is 5.23. The summed E-state index contributed by atoms with van der Waals surface area (Å²) in [5, 5.41) is 4.85. The average molecular weight is 394 g/mol. The monoisotopic (exact) mass is 393 g/mol. The fourth-order valence-electron chi connectivity index (χ4n) is 3.24. The molecule has 3 nitrogen and oxygen atoms in total. The normalized spacial score (nSPS) is 14.6. The molecule has 5 heteroatoms.